The number of amidine groups is 1. The summed E-state index contributed by atoms with van der Waals surface area (Å²) in [6.45, 7) is -0.0909. The Kier molecular flexibility index (Phi) is 4.94. The first-order chi connectivity index (χ1) is 13.1. The van der Waals surface area contributed by atoms with E-state index in [2.05, 4.69) is 15.3 Å². The summed E-state index contributed by atoms with van der Waals surface area (Å²) in [5, 5.41) is 14.3. The van der Waals surface area contributed by atoms with Gasteiger partial charge < -0.3 is 10.4 Å². The molecule has 1 aliphatic rings. The van der Waals surface area contributed by atoms with Gasteiger partial charge in [0.05, 0.1) is 27.7 Å². The van der Waals surface area contributed by atoms with Gasteiger partial charge in [-0.05, 0) is 59.3 Å². The van der Waals surface area contributed by atoms with E-state index in [1.54, 1.807) is 24.4 Å². The SMILES string of the molecule is O=C1N=C(Nc2cc(CO)ccc2Cl)SC1=Cc1ccc2ncccc2c1. The number of halogens is 1. The Morgan fingerprint density at radius 2 is 2.07 bits per heavy atom. The molecule has 5 nitrogen and oxygen atoms in total. The third-order valence-electron chi connectivity index (χ3n) is 4.00. The van der Waals surface area contributed by atoms with Gasteiger partial charge in [-0.3, -0.25) is 9.78 Å². The molecule has 4 rings (SSSR count). The number of benzene rings is 2. The molecule has 0 spiro atoms. The lowest BCUT2D eigenvalue weighted by Crippen LogP contribution is -2.05. The number of aliphatic imine (C=N–C) groups is 1. The zero-order valence-electron chi connectivity index (χ0n) is 14.0. The van der Waals surface area contributed by atoms with Gasteiger partial charge in [0.1, 0.15) is 0 Å². The zero-order chi connectivity index (χ0) is 18.8. The fraction of sp³-hybridized carbons (Fsp3) is 0.0500. The van der Waals surface area contributed by atoms with Gasteiger partial charge >= 0.3 is 0 Å². The van der Waals surface area contributed by atoms with Crippen molar-refractivity contribution < 1.29 is 9.90 Å². The third-order valence-corrected chi connectivity index (χ3v) is 5.23. The van der Waals surface area contributed by atoms with E-state index in [0.29, 0.717) is 20.8 Å². The minimum atomic E-state index is -0.303. The molecule has 0 unspecified atom stereocenters. The predicted octanol–water partition coefficient (Wildman–Crippen LogP) is 4.46. The summed E-state index contributed by atoms with van der Waals surface area (Å²) in [6, 6.07) is 14.8. The first-order valence-electron chi connectivity index (χ1n) is 8.16. The Morgan fingerprint density at radius 3 is 2.93 bits per heavy atom. The van der Waals surface area contributed by atoms with Gasteiger partial charge in [0, 0.05) is 11.6 Å². The second-order valence-electron chi connectivity index (χ2n) is 5.89. The molecule has 2 N–H and O–H groups in total. The van der Waals surface area contributed by atoms with Crippen molar-refractivity contribution in [1.29, 1.82) is 0 Å². The molecular formula is C20H14ClN3O2S. The summed E-state index contributed by atoms with van der Waals surface area (Å²) in [6.07, 6.45) is 3.56. The van der Waals surface area contributed by atoms with Crippen LogP contribution in [0.5, 0.6) is 0 Å². The molecule has 2 aromatic carbocycles. The summed E-state index contributed by atoms with van der Waals surface area (Å²) < 4.78 is 0. The van der Waals surface area contributed by atoms with Gasteiger partial charge in [0.25, 0.3) is 5.91 Å². The molecule has 0 atom stereocenters. The number of aliphatic hydroxyl groups excluding tert-OH is 1. The number of nitrogens with one attached hydrogen (secondary N) is 1. The lowest BCUT2D eigenvalue weighted by molar-refractivity contribution is -0.113. The number of carbonyl (C=O) groups excluding carboxylic acids is 1. The van der Waals surface area contributed by atoms with Crippen LogP contribution in [0.3, 0.4) is 0 Å². The topological polar surface area (TPSA) is 74.6 Å². The Bertz CT molecular complexity index is 1110. The summed E-state index contributed by atoms with van der Waals surface area (Å²) >= 11 is 7.43. The van der Waals surface area contributed by atoms with Crippen molar-refractivity contribution in [3.8, 4) is 0 Å². The number of amides is 1. The van der Waals surface area contributed by atoms with Crippen molar-refractivity contribution in [3.05, 3.63) is 75.8 Å². The molecule has 2 heterocycles. The summed E-state index contributed by atoms with van der Waals surface area (Å²) in [5.74, 6) is -0.303. The molecule has 3 aromatic rings. The lowest BCUT2D eigenvalue weighted by Gasteiger charge is -2.08. The van der Waals surface area contributed by atoms with E-state index in [-0.39, 0.29) is 12.5 Å². The van der Waals surface area contributed by atoms with Gasteiger partial charge in [0.15, 0.2) is 5.17 Å². The fourth-order valence-electron chi connectivity index (χ4n) is 2.68. The van der Waals surface area contributed by atoms with Crippen molar-refractivity contribution in [2.75, 3.05) is 5.32 Å². The number of pyridine rings is 1. The van der Waals surface area contributed by atoms with Crippen molar-refractivity contribution in [2.24, 2.45) is 4.99 Å². The van der Waals surface area contributed by atoms with Gasteiger partial charge in [-0.2, -0.15) is 4.99 Å². The normalized spacial score (nSPS) is 15.4. The number of rotatable bonds is 3. The number of carbonyl (C=O) groups is 1. The number of nitrogens with zero attached hydrogens (tertiary/aromatic N) is 2. The van der Waals surface area contributed by atoms with E-state index >= 15 is 0 Å². The Labute approximate surface area is 164 Å². The lowest BCUT2D eigenvalue weighted by atomic mass is 10.1. The number of aliphatic hydroxyl groups is 1. The van der Waals surface area contributed by atoms with Gasteiger partial charge in [-0.25, -0.2) is 0 Å². The second-order valence-corrected chi connectivity index (χ2v) is 7.32. The quantitative estimate of drug-likeness (QED) is 0.640. The largest absolute Gasteiger partial charge is 0.392 e. The number of anilines is 1. The van der Waals surface area contributed by atoms with Crippen molar-refractivity contribution >= 4 is 57.1 Å². The number of aromatic nitrogens is 1. The molecule has 0 saturated carbocycles. The minimum Gasteiger partial charge on any atom is -0.392 e. The third kappa shape index (κ3) is 3.88. The average Bonchev–Trinajstić information content (AvgIpc) is 3.02. The van der Waals surface area contributed by atoms with Gasteiger partial charge in [-0.1, -0.05) is 29.8 Å². The summed E-state index contributed by atoms with van der Waals surface area (Å²) in [7, 11) is 0. The van der Waals surface area contributed by atoms with E-state index in [4.69, 9.17) is 11.6 Å². The molecule has 0 fully saturated rings. The van der Waals surface area contributed by atoms with Gasteiger partial charge in [-0.15, -0.1) is 0 Å². The van der Waals surface area contributed by atoms with E-state index in [1.165, 1.54) is 11.8 Å². The van der Waals surface area contributed by atoms with Crippen LogP contribution in [0.4, 0.5) is 5.69 Å². The number of hydrogen-bond donors (Lipinski definition) is 2. The zero-order valence-corrected chi connectivity index (χ0v) is 15.6. The highest BCUT2D eigenvalue weighted by Gasteiger charge is 2.22. The maximum absolute atomic E-state index is 12.2. The first-order valence-corrected chi connectivity index (χ1v) is 9.35. The maximum Gasteiger partial charge on any atom is 0.286 e. The minimum absolute atomic E-state index is 0.0909. The highest BCUT2D eigenvalue weighted by atomic mass is 35.5. The van der Waals surface area contributed by atoms with Crippen LogP contribution in [0.2, 0.25) is 5.02 Å². The summed E-state index contributed by atoms with van der Waals surface area (Å²) in [5.41, 5.74) is 3.13. The van der Waals surface area contributed by atoms with Crippen LogP contribution in [-0.4, -0.2) is 21.2 Å². The smallest absolute Gasteiger partial charge is 0.286 e. The van der Waals surface area contributed by atoms with Gasteiger partial charge in [0.2, 0.25) is 0 Å². The monoisotopic (exact) mass is 395 g/mol. The molecular weight excluding hydrogens is 382 g/mol. The number of hydrogen-bond acceptors (Lipinski definition) is 5. The van der Waals surface area contributed by atoms with Crippen molar-refractivity contribution in [1.82, 2.24) is 4.98 Å². The first kappa shape index (κ1) is 17.7. The van der Waals surface area contributed by atoms with E-state index in [0.717, 1.165) is 22.0 Å². The standard InChI is InChI=1S/C20H14ClN3O2S/c21-15-5-3-13(11-25)9-17(15)23-20-24-19(26)18(27-20)10-12-4-6-16-14(8-12)2-1-7-22-16/h1-10,25H,11H2,(H,23,24,26). The van der Waals surface area contributed by atoms with Crippen LogP contribution in [0.15, 0.2) is 64.6 Å². The van der Waals surface area contributed by atoms with Crippen LogP contribution in [0.25, 0.3) is 17.0 Å². The molecule has 1 aromatic heterocycles. The van der Waals surface area contributed by atoms with Crippen LogP contribution < -0.4 is 5.32 Å². The van der Waals surface area contributed by atoms with E-state index in [9.17, 15) is 9.90 Å². The number of thioether (sulfide) groups is 1. The van der Waals surface area contributed by atoms with Crippen LogP contribution in [-0.2, 0) is 11.4 Å². The highest BCUT2D eigenvalue weighted by molar-refractivity contribution is 8.18. The molecule has 0 saturated heterocycles. The van der Waals surface area contributed by atoms with Crippen molar-refractivity contribution in [2.45, 2.75) is 6.61 Å². The molecule has 27 heavy (non-hydrogen) atoms. The Morgan fingerprint density at radius 1 is 1.19 bits per heavy atom. The van der Waals surface area contributed by atoms with E-state index < -0.39 is 0 Å². The highest BCUT2D eigenvalue weighted by Crippen LogP contribution is 2.32. The second kappa shape index (κ2) is 7.52. The molecule has 0 aliphatic carbocycles. The van der Waals surface area contributed by atoms with E-state index in [1.807, 2.05) is 36.4 Å². The molecule has 134 valence electrons. The Balaban J connectivity index is 1.55. The maximum atomic E-state index is 12.2. The molecule has 1 amide bonds. The number of fused-ring (bicyclic) bond motifs is 1. The Hall–Kier alpha value is -2.67. The predicted molar refractivity (Wildman–Crippen MR) is 111 cm³/mol. The van der Waals surface area contributed by atoms with Crippen LogP contribution >= 0.6 is 23.4 Å². The van der Waals surface area contributed by atoms with Crippen LogP contribution in [0.1, 0.15) is 11.1 Å². The average molecular weight is 396 g/mol. The molecule has 0 bridgehead atoms. The molecule has 7 heteroatoms. The van der Waals surface area contributed by atoms with Crippen molar-refractivity contribution in [3.63, 3.8) is 0 Å². The fourth-order valence-corrected chi connectivity index (χ4v) is 3.67. The summed E-state index contributed by atoms with van der Waals surface area (Å²) in [4.78, 5) is 21.1. The van der Waals surface area contributed by atoms with Crippen LogP contribution in [0, 0.1) is 0 Å². The molecule has 0 radical (unpaired) electrons. The molecule has 1 aliphatic heterocycles.